The van der Waals surface area contributed by atoms with Gasteiger partial charge in [-0.2, -0.15) is 0 Å². The van der Waals surface area contributed by atoms with Crippen LogP contribution in [0.5, 0.6) is 0 Å². The molecule has 1 aliphatic rings. The summed E-state index contributed by atoms with van der Waals surface area (Å²) in [4.78, 5) is 13.2. The van der Waals surface area contributed by atoms with Gasteiger partial charge in [0.2, 0.25) is 5.91 Å². The molecule has 1 fully saturated rings. The highest BCUT2D eigenvalue weighted by Crippen LogP contribution is 2.24. The molecule has 3 heteroatoms. The molecular formula is C9H18N2O. The Morgan fingerprint density at radius 1 is 1.42 bits per heavy atom. The van der Waals surface area contributed by atoms with Gasteiger partial charge in [0.25, 0.3) is 0 Å². The van der Waals surface area contributed by atoms with E-state index in [-0.39, 0.29) is 17.9 Å². The van der Waals surface area contributed by atoms with Crippen molar-refractivity contribution in [3.05, 3.63) is 0 Å². The molecule has 0 aromatic heterocycles. The molecule has 0 heterocycles. The quantitative estimate of drug-likeness (QED) is 0.626. The molecule has 2 atom stereocenters. The highest BCUT2D eigenvalue weighted by Gasteiger charge is 2.25. The smallest absolute Gasteiger partial charge is 0.225 e. The Kier molecular flexibility index (Phi) is 3.09. The van der Waals surface area contributed by atoms with Crippen LogP contribution in [0.3, 0.4) is 0 Å². The van der Waals surface area contributed by atoms with Crippen molar-refractivity contribution >= 4 is 5.91 Å². The standard InChI is InChI=1S/C9H18N2O/c1-11(2)9(12)7-4-3-5-8(10)6-7/h7-8H,3-6,10H2,1-2H3/t7-,8+/m0/s1. The average Bonchev–Trinajstić information content (AvgIpc) is 2.03. The van der Waals surface area contributed by atoms with Gasteiger partial charge in [0.05, 0.1) is 0 Å². The van der Waals surface area contributed by atoms with Crippen LogP contribution in [0, 0.1) is 5.92 Å². The van der Waals surface area contributed by atoms with Crippen LogP contribution in [0.1, 0.15) is 25.7 Å². The lowest BCUT2D eigenvalue weighted by molar-refractivity contribution is -0.134. The van der Waals surface area contributed by atoms with Crippen molar-refractivity contribution in [3.8, 4) is 0 Å². The fraction of sp³-hybridized carbons (Fsp3) is 0.889. The second-order valence-electron chi connectivity index (χ2n) is 3.86. The number of amides is 1. The van der Waals surface area contributed by atoms with Crippen molar-refractivity contribution in [2.75, 3.05) is 14.1 Å². The molecule has 0 bridgehead atoms. The fourth-order valence-electron chi connectivity index (χ4n) is 1.82. The normalized spacial score (nSPS) is 29.9. The maximum Gasteiger partial charge on any atom is 0.225 e. The number of nitrogens with two attached hydrogens (primary N) is 1. The highest BCUT2D eigenvalue weighted by atomic mass is 16.2. The summed E-state index contributed by atoms with van der Waals surface area (Å²) in [5.41, 5.74) is 5.79. The van der Waals surface area contributed by atoms with E-state index in [9.17, 15) is 4.79 Å². The van der Waals surface area contributed by atoms with E-state index >= 15 is 0 Å². The van der Waals surface area contributed by atoms with E-state index in [4.69, 9.17) is 5.73 Å². The zero-order valence-corrected chi connectivity index (χ0v) is 7.92. The van der Waals surface area contributed by atoms with Gasteiger partial charge in [-0.3, -0.25) is 4.79 Å². The lowest BCUT2D eigenvalue weighted by Crippen LogP contribution is -2.37. The molecule has 0 radical (unpaired) electrons. The van der Waals surface area contributed by atoms with Crippen molar-refractivity contribution in [1.29, 1.82) is 0 Å². The van der Waals surface area contributed by atoms with E-state index in [0.29, 0.717) is 0 Å². The van der Waals surface area contributed by atoms with Crippen molar-refractivity contribution in [2.45, 2.75) is 31.7 Å². The van der Waals surface area contributed by atoms with Crippen molar-refractivity contribution in [2.24, 2.45) is 11.7 Å². The van der Waals surface area contributed by atoms with Crippen molar-refractivity contribution in [1.82, 2.24) is 4.90 Å². The largest absolute Gasteiger partial charge is 0.349 e. The molecular weight excluding hydrogens is 152 g/mol. The Morgan fingerprint density at radius 2 is 2.08 bits per heavy atom. The highest BCUT2D eigenvalue weighted by molar-refractivity contribution is 5.78. The minimum atomic E-state index is 0.184. The van der Waals surface area contributed by atoms with Gasteiger partial charge >= 0.3 is 0 Å². The molecule has 2 N–H and O–H groups in total. The van der Waals surface area contributed by atoms with Crippen LogP contribution in [0.4, 0.5) is 0 Å². The molecule has 70 valence electrons. The summed E-state index contributed by atoms with van der Waals surface area (Å²) in [5.74, 6) is 0.425. The van der Waals surface area contributed by atoms with Crippen LogP contribution in [-0.4, -0.2) is 30.9 Å². The van der Waals surface area contributed by atoms with Crippen LogP contribution in [-0.2, 0) is 4.79 Å². The number of hydrogen-bond donors (Lipinski definition) is 1. The predicted octanol–water partition coefficient (Wildman–Crippen LogP) is 0.592. The van der Waals surface area contributed by atoms with Gasteiger partial charge in [0.15, 0.2) is 0 Å². The van der Waals surface area contributed by atoms with E-state index in [1.165, 1.54) is 0 Å². The third kappa shape index (κ3) is 2.21. The maximum absolute atomic E-state index is 11.5. The molecule has 1 saturated carbocycles. The fourth-order valence-corrected chi connectivity index (χ4v) is 1.82. The van der Waals surface area contributed by atoms with Gasteiger partial charge in [0, 0.05) is 26.1 Å². The zero-order valence-electron chi connectivity index (χ0n) is 7.92. The number of nitrogens with zero attached hydrogens (tertiary/aromatic N) is 1. The van der Waals surface area contributed by atoms with Crippen LogP contribution in [0.15, 0.2) is 0 Å². The summed E-state index contributed by atoms with van der Waals surface area (Å²) in [5, 5.41) is 0. The molecule has 0 aromatic carbocycles. The first kappa shape index (κ1) is 9.52. The Morgan fingerprint density at radius 3 is 2.58 bits per heavy atom. The third-order valence-corrected chi connectivity index (χ3v) is 2.50. The Labute approximate surface area is 73.9 Å². The van der Waals surface area contributed by atoms with Crippen LogP contribution in [0.2, 0.25) is 0 Å². The SMILES string of the molecule is CN(C)C(=O)[C@H]1CCC[C@@H](N)C1. The lowest BCUT2D eigenvalue weighted by Gasteiger charge is -2.27. The van der Waals surface area contributed by atoms with E-state index < -0.39 is 0 Å². The summed E-state index contributed by atoms with van der Waals surface area (Å²) < 4.78 is 0. The minimum Gasteiger partial charge on any atom is -0.349 e. The van der Waals surface area contributed by atoms with Crippen LogP contribution in [0.25, 0.3) is 0 Å². The van der Waals surface area contributed by atoms with Gasteiger partial charge in [-0.15, -0.1) is 0 Å². The average molecular weight is 170 g/mol. The summed E-state index contributed by atoms with van der Waals surface area (Å²) >= 11 is 0. The first-order chi connectivity index (χ1) is 5.61. The number of hydrogen-bond acceptors (Lipinski definition) is 2. The van der Waals surface area contributed by atoms with Crippen LogP contribution < -0.4 is 5.73 Å². The number of rotatable bonds is 1. The summed E-state index contributed by atoms with van der Waals surface area (Å²) in [6.45, 7) is 0. The van der Waals surface area contributed by atoms with Gasteiger partial charge in [-0.25, -0.2) is 0 Å². The second-order valence-corrected chi connectivity index (χ2v) is 3.86. The number of carbonyl (C=O) groups is 1. The van der Waals surface area contributed by atoms with Crippen molar-refractivity contribution < 1.29 is 4.79 Å². The molecule has 0 aliphatic heterocycles. The second kappa shape index (κ2) is 3.90. The van der Waals surface area contributed by atoms with Gasteiger partial charge in [0.1, 0.15) is 0 Å². The van der Waals surface area contributed by atoms with Crippen molar-refractivity contribution in [3.63, 3.8) is 0 Å². The molecule has 0 aromatic rings. The summed E-state index contributed by atoms with van der Waals surface area (Å²) in [6.07, 6.45) is 4.07. The monoisotopic (exact) mass is 170 g/mol. The van der Waals surface area contributed by atoms with Crippen LogP contribution >= 0.6 is 0 Å². The van der Waals surface area contributed by atoms with E-state index in [2.05, 4.69) is 0 Å². The molecule has 1 amide bonds. The minimum absolute atomic E-state index is 0.184. The first-order valence-corrected chi connectivity index (χ1v) is 4.58. The van der Waals surface area contributed by atoms with Gasteiger partial charge in [-0.1, -0.05) is 6.42 Å². The molecule has 0 saturated heterocycles. The summed E-state index contributed by atoms with van der Waals surface area (Å²) in [6, 6.07) is 0.243. The Bertz CT molecular complexity index is 168. The van der Waals surface area contributed by atoms with E-state index in [1.54, 1.807) is 4.90 Å². The van der Waals surface area contributed by atoms with E-state index in [1.807, 2.05) is 14.1 Å². The Hall–Kier alpha value is -0.570. The van der Waals surface area contributed by atoms with Gasteiger partial charge in [-0.05, 0) is 19.3 Å². The molecule has 0 unspecified atom stereocenters. The molecule has 3 nitrogen and oxygen atoms in total. The predicted molar refractivity (Wildman–Crippen MR) is 48.6 cm³/mol. The topological polar surface area (TPSA) is 46.3 Å². The maximum atomic E-state index is 11.5. The molecule has 12 heavy (non-hydrogen) atoms. The summed E-state index contributed by atoms with van der Waals surface area (Å²) in [7, 11) is 3.62. The Balaban J connectivity index is 2.46. The number of carbonyl (C=O) groups excluding carboxylic acids is 1. The third-order valence-electron chi connectivity index (χ3n) is 2.50. The zero-order chi connectivity index (χ0) is 9.14. The molecule has 1 aliphatic carbocycles. The molecule has 1 rings (SSSR count). The molecule has 0 spiro atoms. The lowest BCUT2D eigenvalue weighted by atomic mass is 9.85. The van der Waals surface area contributed by atoms with Gasteiger partial charge < -0.3 is 10.6 Å². The van der Waals surface area contributed by atoms with E-state index in [0.717, 1.165) is 25.7 Å². The first-order valence-electron chi connectivity index (χ1n) is 4.58.